The van der Waals surface area contributed by atoms with Gasteiger partial charge in [0.25, 0.3) is 0 Å². The number of amides is 1. The van der Waals surface area contributed by atoms with E-state index in [4.69, 9.17) is 9.47 Å². The van der Waals surface area contributed by atoms with Crippen molar-refractivity contribution in [2.24, 2.45) is 0 Å². The Hall–Kier alpha value is -2.95. The van der Waals surface area contributed by atoms with E-state index in [1.165, 1.54) is 10.9 Å². The molecule has 5 nitrogen and oxygen atoms in total. The van der Waals surface area contributed by atoms with Gasteiger partial charge in [-0.1, -0.05) is 24.3 Å². The molecule has 29 heavy (non-hydrogen) atoms. The first-order valence-corrected chi connectivity index (χ1v) is 10.5. The highest BCUT2D eigenvalue weighted by Crippen LogP contribution is 2.38. The Labute approximate surface area is 170 Å². The molecule has 5 rings (SSSR count). The number of ether oxygens (including phenoxy) is 2. The molecule has 0 bridgehead atoms. The van der Waals surface area contributed by atoms with Gasteiger partial charge in [-0.3, -0.25) is 4.79 Å². The molecule has 0 unspecified atom stereocenters. The summed E-state index contributed by atoms with van der Waals surface area (Å²) >= 11 is 0. The zero-order chi connectivity index (χ0) is 19.6. The summed E-state index contributed by atoms with van der Waals surface area (Å²) in [5.74, 6) is 1.84. The van der Waals surface area contributed by atoms with Gasteiger partial charge < -0.3 is 19.4 Å². The Kier molecular flexibility index (Phi) is 4.88. The predicted molar refractivity (Wildman–Crippen MR) is 112 cm³/mol. The van der Waals surface area contributed by atoms with Crippen molar-refractivity contribution < 1.29 is 14.3 Å². The van der Waals surface area contributed by atoms with E-state index in [-0.39, 0.29) is 11.9 Å². The third kappa shape index (κ3) is 3.57. The number of fused-ring (bicyclic) bond motifs is 2. The number of hydrogen-bond donors (Lipinski definition) is 1. The molecule has 5 heteroatoms. The second-order valence-electron chi connectivity index (χ2n) is 7.86. The van der Waals surface area contributed by atoms with Gasteiger partial charge in [0.05, 0.1) is 19.3 Å². The highest BCUT2D eigenvalue weighted by Gasteiger charge is 2.30. The van der Waals surface area contributed by atoms with Gasteiger partial charge in [0.1, 0.15) is 0 Å². The van der Waals surface area contributed by atoms with Crippen LogP contribution in [-0.4, -0.2) is 35.5 Å². The zero-order valence-corrected chi connectivity index (χ0v) is 16.5. The van der Waals surface area contributed by atoms with Crippen LogP contribution in [0.25, 0.3) is 10.9 Å². The fraction of sp³-hybridized carbons (Fsp3) is 0.375. The Balaban J connectivity index is 1.30. The fourth-order valence-electron chi connectivity index (χ4n) is 4.52. The summed E-state index contributed by atoms with van der Waals surface area (Å²) in [4.78, 5) is 18.4. The van der Waals surface area contributed by atoms with E-state index >= 15 is 0 Å². The molecule has 2 aliphatic rings. The van der Waals surface area contributed by atoms with E-state index < -0.39 is 0 Å². The lowest BCUT2D eigenvalue weighted by Crippen LogP contribution is -2.30. The number of carbonyl (C=O) groups is 1. The van der Waals surface area contributed by atoms with Gasteiger partial charge in [0, 0.05) is 36.5 Å². The zero-order valence-electron chi connectivity index (χ0n) is 16.5. The first kappa shape index (κ1) is 18.1. The number of nitrogens with one attached hydrogen (secondary N) is 1. The molecule has 1 N–H and O–H groups in total. The molecule has 0 radical (unpaired) electrons. The largest absolute Gasteiger partial charge is 0.490 e. The molecule has 1 amide bonds. The molecular formula is C24H26N2O3. The smallest absolute Gasteiger partial charge is 0.223 e. The minimum absolute atomic E-state index is 0.127. The van der Waals surface area contributed by atoms with Crippen LogP contribution in [0.1, 0.15) is 42.9 Å². The summed E-state index contributed by atoms with van der Waals surface area (Å²) in [5, 5.41) is 1.21. The van der Waals surface area contributed by atoms with E-state index in [0.29, 0.717) is 19.6 Å². The molecule has 1 fully saturated rings. The third-order valence-electron chi connectivity index (χ3n) is 6.01. The average Bonchev–Trinajstić information content (AvgIpc) is 3.33. The summed E-state index contributed by atoms with van der Waals surface area (Å²) in [6, 6.07) is 14.5. The maximum Gasteiger partial charge on any atom is 0.223 e. The van der Waals surface area contributed by atoms with Gasteiger partial charge in [-0.15, -0.1) is 0 Å². The van der Waals surface area contributed by atoms with E-state index in [1.54, 1.807) is 0 Å². The lowest BCUT2D eigenvalue weighted by atomic mass is 10.0. The topological polar surface area (TPSA) is 54.6 Å². The minimum Gasteiger partial charge on any atom is -0.490 e. The number of hydrogen-bond acceptors (Lipinski definition) is 3. The molecule has 2 aromatic carbocycles. The molecular weight excluding hydrogens is 364 g/mol. The first-order valence-electron chi connectivity index (χ1n) is 10.5. The second kappa shape index (κ2) is 7.82. The van der Waals surface area contributed by atoms with Crippen LogP contribution in [0, 0.1) is 0 Å². The number of aromatic amines is 1. The van der Waals surface area contributed by atoms with Crippen LogP contribution < -0.4 is 9.47 Å². The van der Waals surface area contributed by atoms with Crippen LogP contribution in [0.15, 0.2) is 48.7 Å². The normalized spacial score (nSPS) is 18.8. The van der Waals surface area contributed by atoms with Gasteiger partial charge in [0.15, 0.2) is 11.5 Å². The Morgan fingerprint density at radius 3 is 2.86 bits per heavy atom. The van der Waals surface area contributed by atoms with Crippen LogP contribution in [-0.2, 0) is 11.2 Å². The van der Waals surface area contributed by atoms with E-state index in [0.717, 1.165) is 54.8 Å². The predicted octanol–water partition coefficient (Wildman–Crippen LogP) is 4.63. The van der Waals surface area contributed by atoms with Gasteiger partial charge in [-0.05, 0) is 48.6 Å². The molecule has 0 spiro atoms. The maximum absolute atomic E-state index is 13.1. The molecule has 1 saturated heterocycles. The quantitative estimate of drug-likeness (QED) is 0.707. The number of carbonyl (C=O) groups excluding carboxylic acids is 1. The van der Waals surface area contributed by atoms with Crippen molar-refractivity contribution >= 4 is 16.8 Å². The van der Waals surface area contributed by atoms with Crippen molar-refractivity contribution in [1.29, 1.82) is 0 Å². The van der Waals surface area contributed by atoms with Crippen LogP contribution in [0.3, 0.4) is 0 Å². The molecule has 3 heterocycles. The number of para-hydroxylation sites is 1. The monoisotopic (exact) mass is 390 g/mol. The van der Waals surface area contributed by atoms with Crippen molar-refractivity contribution in [3.63, 3.8) is 0 Å². The SMILES string of the molecule is O=C(CCc1c[nH]c2ccccc12)N1CCC[C@@H]1c1ccc2c(c1)OCCCO2. The van der Waals surface area contributed by atoms with Gasteiger partial charge in [-0.25, -0.2) is 0 Å². The van der Waals surface area contributed by atoms with Crippen LogP contribution in [0.2, 0.25) is 0 Å². The van der Waals surface area contributed by atoms with E-state index in [2.05, 4.69) is 29.2 Å². The van der Waals surface area contributed by atoms with Crippen molar-refractivity contribution in [2.75, 3.05) is 19.8 Å². The van der Waals surface area contributed by atoms with Crippen LogP contribution in [0.4, 0.5) is 0 Å². The summed E-state index contributed by atoms with van der Waals surface area (Å²) in [6.07, 6.45) is 6.25. The summed E-state index contributed by atoms with van der Waals surface area (Å²) in [5.41, 5.74) is 3.48. The molecule has 3 aromatic rings. The molecule has 0 saturated carbocycles. The lowest BCUT2D eigenvalue weighted by molar-refractivity contribution is -0.132. The first-order chi connectivity index (χ1) is 14.3. The van der Waals surface area contributed by atoms with Gasteiger partial charge >= 0.3 is 0 Å². The van der Waals surface area contributed by atoms with Crippen molar-refractivity contribution in [3.8, 4) is 11.5 Å². The lowest BCUT2D eigenvalue weighted by Gasteiger charge is -2.26. The number of H-pyrrole nitrogens is 1. The number of nitrogens with zero attached hydrogens (tertiary/aromatic N) is 1. The summed E-state index contributed by atoms with van der Waals surface area (Å²) in [6.45, 7) is 2.19. The van der Waals surface area contributed by atoms with Gasteiger partial charge in [-0.2, -0.15) is 0 Å². The summed E-state index contributed by atoms with van der Waals surface area (Å²) in [7, 11) is 0. The molecule has 2 aliphatic heterocycles. The number of aromatic nitrogens is 1. The fourth-order valence-corrected chi connectivity index (χ4v) is 4.52. The molecule has 1 atom stereocenters. The molecule has 0 aliphatic carbocycles. The average molecular weight is 390 g/mol. The van der Waals surface area contributed by atoms with E-state index in [9.17, 15) is 4.79 Å². The highest BCUT2D eigenvalue weighted by atomic mass is 16.5. The minimum atomic E-state index is 0.127. The van der Waals surface area contributed by atoms with Crippen molar-refractivity contribution in [3.05, 3.63) is 59.8 Å². The number of aryl methyl sites for hydroxylation is 1. The number of rotatable bonds is 4. The summed E-state index contributed by atoms with van der Waals surface area (Å²) < 4.78 is 11.6. The molecule has 1 aromatic heterocycles. The number of likely N-dealkylation sites (tertiary alicyclic amines) is 1. The highest BCUT2D eigenvalue weighted by molar-refractivity contribution is 5.84. The van der Waals surface area contributed by atoms with Crippen LogP contribution >= 0.6 is 0 Å². The Bertz CT molecular complexity index is 1030. The second-order valence-corrected chi connectivity index (χ2v) is 7.86. The molecule has 150 valence electrons. The Morgan fingerprint density at radius 2 is 1.93 bits per heavy atom. The van der Waals surface area contributed by atoms with Crippen molar-refractivity contribution in [2.45, 2.75) is 38.1 Å². The van der Waals surface area contributed by atoms with Crippen molar-refractivity contribution in [1.82, 2.24) is 9.88 Å². The van der Waals surface area contributed by atoms with Crippen LogP contribution in [0.5, 0.6) is 11.5 Å². The standard InChI is InChI=1S/C24H26N2O3/c27-24(11-9-18-16-25-20-6-2-1-5-19(18)20)26-12-3-7-21(26)17-8-10-22-23(15-17)29-14-4-13-28-22/h1-2,5-6,8,10,15-16,21,25H,3-4,7,9,11-14H2/t21-/m1/s1. The Morgan fingerprint density at radius 1 is 1.07 bits per heavy atom. The number of benzene rings is 2. The van der Waals surface area contributed by atoms with E-state index in [1.807, 2.05) is 29.3 Å². The maximum atomic E-state index is 13.1. The third-order valence-corrected chi connectivity index (χ3v) is 6.01. The van der Waals surface area contributed by atoms with Gasteiger partial charge in [0.2, 0.25) is 5.91 Å².